The molecule has 1 heterocycles. The van der Waals surface area contributed by atoms with Gasteiger partial charge in [0.2, 0.25) is 5.91 Å². The molecule has 0 spiro atoms. The fourth-order valence-electron chi connectivity index (χ4n) is 2.33. The van der Waals surface area contributed by atoms with Gasteiger partial charge in [0.25, 0.3) is 0 Å². The number of carbonyl (C=O) groups is 1. The van der Waals surface area contributed by atoms with E-state index in [1.165, 1.54) is 23.0 Å². The Balaban J connectivity index is 1.80. The first-order valence-corrected chi connectivity index (χ1v) is 7.80. The first-order chi connectivity index (χ1) is 12.2. The van der Waals surface area contributed by atoms with E-state index >= 15 is 0 Å². The lowest BCUT2D eigenvalue weighted by atomic mass is 10.1. The Kier molecular flexibility index (Phi) is 5.96. The van der Waals surface area contributed by atoms with Crippen LogP contribution in [0.2, 0.25) is 0 Å². The van der Waals surface area contributed by atoms with E-state index < -0.39 is 22.7 Å². The molecule has 10 heteroatoms. The normalized spacial score (nSPS) is 12.6. The van der Waals surface area contributed by atoms with Crippen LogP contribution in [0.15, 0.2) is 36.7 Å². The second-order valence-electron chi connectivity index (χ2n) is 5.73. The predicted molar refractivity (Wildman–Crippen MR) is 86.1 cm³/mol. The van der Waals surface area contributed by atoms with Gasteiger partial charge in [0, 0.05) is 13.0 Å². The quantitative estimate of drug-likeness (QED) is 0.597. The molecule has 0 saturated heterocycles. The minimum atomic E-state index is -4.40. The average Bonchev–Trinajstić information content (AvgIpc) is 3.03. The monoisotopic (exact) mass is 370 g/mol. The fraction of sp³-hybridized carbons (Fsp3) is 0.375. The lowest BCUT2D eigenvalue weighted by Crippen LogP contribution is -2.26. The highest BCUT2D eigenvalue weighted by Crippen LogP contribution is 2.29. The Morgan fingerprint density at radius 2 is 2.00 bits per heavy atom. The highest BCUT2D eigenvalue weighted by atomic mass is 19.4. The molecule has 140 valence electrons. The van der Waals surface area contributed by atoms with Crippen LogP contribution in [0, 0.1) is 10.1 Å². The summed E-state index contributed by atoms with van der Waals surface area (Å²) >= 11 is 0. The molecule has 26 heavy (non-hydrogen) atoms. The van der Waals surface area contributed by atoms with E-state index in [2.05, 4.69) is 10.4 Å². The molecular formula is C16H17F3N4O3. The van der Waals surface area contributed by atoms with Crippen LogP contribution < -0.4 is 5.32 Å². The van der Waals surface area contributed by atoms with Crippen molar-refractivity contribution in [3.05, 3.63) is 57.9 Å². The zero-order valence-electron chi connectivity index (χ0n) is 13.9. The summed E-state index contributed by atoms with van der Waals surface area (Å²) in [6.45, 7) is 2.02. The van der Waals surface area contributed by atoms with Crippen molar-refractivity contribution in [1.29, 1.82) is 0 Å². The number of hydrogen-bond donors (Lipinski definition) is 1. The summed E-state index contributed by atoms with van der Waals surface area (Å²) in [4.78, 5) is 21.9. The van der Waals surface area contributed by atoms with Gasteiger partial charge in [-0.15, -0.1) is 0 Å². The minimum Gasteiger partial charge on any atom is -0.350 e. The first kappa shape index (κ1) is 19.4. The number of hydrogen-bond acceptors (Lipinski definition) is 4. The molecule has 2 rings (SSSR count). The molecular weight excluding hydrogens is 353 g/mol. The second kappa shape index (κ2) is 7.98. The van der Waals surface area contributed by atoms with Crippen molar-refractivity contribution in [3.8, 4) is 0 Å². The number of amides is 1. The Hall–Kier alpha value is -2.91. The van der Waals surface area contributed by atoms with E-state index in [0.29, 0.717) is 18.5 Å². The molecule has 1 aromatic heterocycles. The molecule has 1 unspecified atom stereocenters. The van der Waals surface area contributed by atoms with Crippen LogP contribution in [-0.4, -0.2) is 20.6 Å². The Bertz CT molecular complexity index is 772. The number of benzene rings is 1. The van der Waals surface area contributed by atoms with Crippen molar-refractivity contribution in [1.82, 2.24) is 15.1 Å². The smallest absolute Gasteiger partial charge is 0.350 e. The third-order valence-corrected chi connectivity index (χ3v) is 3.74. The second-order valence-corrected chi connectivity index (χ2v) is 5.73. The van der Waals surface area contributed by atoms with Crippen LogP contribution >= 0.6 is 0 Å². The Morgan fingerprint density at radius 3 is 2.54 bits per heavy atom. The average molecular weight is 370 g/mol. The standard InChI is InChI=1S/C16H17F3N4O3/c1-11(12-4-6-13(7-5-12)16(17,18)19)21-15(24)3-2-8-22-10-14(9-20-22)23(25)26/h4-7,9-11H,2-3,8H2,1H3,(H,21,24). The van der Waals surface area contributed by atoms with Crippen LogP contribution in [0.3, 0.4) is 0 Å². The molecule has 0 aliphatic carbocycles. The van der Waals surface area contributed by atoms with Crippen LogP contribution in [-0.2, 0) is 17.5 Å². The van der Waals surface area contributed by atoms with Gasteiger partial charge in [-0.1, -0.05) is 12.1 Å². The number of alkyl halides is 3. The number of aryl methyl sites for hydroxylation is 1. The van der Waals surface area contributed by atoms with Gasteiger partial charge in [0.15, 0.2) is 0 Å². The fourth-order valence-corrected chi connectivity index (χ4v) is 2.33. The molecule has 1 amide bonds. The number of nitrogens with one attached hydrogen (secondary N) is 1. The van der Waals surface area contributed by atoms with Gasteiger partial charge in [0.05, 0.1) is 16.5 Å². The molecule has 1 aromatic carbocycles. The van der Waals surface area contributed by atoms with Crippen molar-refractivity contribution in [3.63, 3.8) is 0 Å². The predicted octanol–water partition coefficient (Wildman–Crippen LogP) is 3.47. The SMILES string of the molecule is CC(NC(=O)CCCn1cc([N+](=O)[O-])cn1)c1ccc(C(F)(F)F)cc1. The largest absolute Gasteiger partial charge is 0.416 e. The van der Waals surface area contributed by atoms with E-state index in [1.54, 1.807) is 6.92 Å². The zero-order chi connectivity index (χ0) is 19.3. The van der Waals surface area contributed by atoms with Crippen LogP contribution in [0.5, 0.6) is 0 Å². The van der Waals surface area contributed by atoms with Crippen LogP contribution in [0.1, 0.15) is 36.9 Å². The summed E-state index contributed by atoms with van der Waals surface area (Å²) in [5.74, 6) is -0.265. The summed E-state index contributed by atoms with van der Waals surface area (Å²) in [5, 5.41) is 17.1. The third kappa shape index (κ3) is 5.30. The highest BCUT2D eigenvalue weighted by molar-refractivity contribution is 5.76. The van der Waals surface area contributed by atoms with Gasteiger partial charge in [-0.05, 0) is 31.0 Å². The van der Waals surface area contributed by atoms with Gasteiger partial charge < -0.3 is 5.32 Å². The van der Waals surface area contributed by atoms with Gasteiger partial charge in [0.1, 0.15) is 12.4 Å². The third-order valence-electron chi connectivity index (χ3n) is 3.74. The summed E-state index contributed by atoms with van der Waals surface area (Å²) < 4.78 is 39.0. The van der Waals surface area contributed by atoms with Gasteiger partial charge in [-0.25, -0.2) is 0 Å². The molecule has 7 nitrogen and oxygen atoms in total. The zero-order valence-corrected chi connectivity index (χ0v) is 13.9. The Labute approximate surface area is 147 Å². The number of nitro groups is 1. The van der Waals surface area contributed by atoms with Gasteiger partial charge >= 0.3 is 11.9 Å². The maximum absolute atomic E-state index is 12.5. The molecule has 0 aliphatic rings. The van der Waals surface area contributed by atoms with E-state index in [9.17, 15) is 28.1 Å². The minimum absolute atomic E-state index is 0.120. The number of nitrogens with zero attached hydrogens (tertiary/aromatic N) is 3. The van der Waals surface area contributed by atoms with Crippen LogP contribution in [0.4, 0.5) is 18.9 Å². The van der Waals surface area contributed by atoms with Crippen molar-refractivity contribution in [2.24, 2.45) is 0 Å². The summed E-state index contributed by atoms with van der Waals surface area (Å²) in [6, 6.07) is 4.17. The molecule has 1 atom stereocenters. The lowest BCUT2D eigenvalue weighted by Gasteiger charge is -2.15. The molecule has 0 saturated carbocycles. The molecule has 0 fully saturated rings. The maximum Gasteiger partial charge on any atom is 0.416 e. The van der Waals surface area contributed by atoms with Crippen molar-refractivity contribution in [2.45, 2.75) is 38.5 Å². The maximum atomic E-state index is 12.5. The van der Waals surface area contributed by atoms with Crippen molar-refractivity contribution >= 4 is 11.6 Å². The van der Waals surface area contributed by atoms with E-state index in [0.717, 1.165) is 18.3 Å². The topological polar surface area (TPSA) is 90.1 Å². The van der Waals surface area contributed by atoms with Crippen molar-refractivity contribution in [2.75, 3.05) is 0 Å². The van der Waals surface area contributed by atoms with Crippen LogP contribution in [0.25, 0.3) is 0 Å². The number of carbonyl (C=O) groups excluding carboxylic acids is 1. The molecule has 0 radical (unpaired) electrons. The van der Waals surface area contributed by atoms with Gasteiger partial charge in [-0.3, -0.25) is 19.6 Å². The molecule has 2 aromatic rings. The van der Waals surface area contributed by atoms with Gasteiger partial charge in [-0.2, -0.15) is 18.3 Å². The summed E-state index contributed by atoms with van der Waals surface area (Å²) in [6.07, 6.45) is -1.40. The molecule has 0 aliphatic heterocycles. The molecule has 1 N–H and O–H groups in total. The number of rotatable bonds is 7. The Morgan fingerprint density at radius 1 is 1.35 bits per heavy atom. The van der Waals surface area contributed by atoms with Crippen molar-refractivity contribution < 1.29 is 22.9 Å². The lowest BCUT2D eigenvalue weighted by molar-refractivity contribution is -0.385. The summed E-state index contributed by atoms with van der Waals surface area (Å²) in [7, 11) is 0. The van der Waals surface area contributed by atoms with E-state index in [4.69, 9.17) is 0 Å². The number of aromatic nitrogens is 2. The first-order valence-electron chi connectivity index (χ1n) is 7.80. The highest BCUT2D eigenvalue weighted by Gasteiger charge is 2.30. The summed E-state index contributed by atoms with van der Waals surface area (Å²) in [5.41, 5.74) is -0.299. The van der Waals surface area contributed by atoms with E-state index in [1.807, 2.05) is 0 Å². The number of halogens is 3. The van der Waals surface area contributed by atoms with E-state index in [-0.39, 0.29) is 18.0 Å². The molecule has 0 bridgehead atoms.